The molecule has 0 amide bonds. The van der Waals surface area contributed by atoms with Gasteiger partial charge in [0, 0.05) is 0 Å². The maximum absolute atomic E-state index is 8.55. The summed E-state index contributed by atoms with van der Waals surface area (Å²) in [4.78, 5) is 180. The molecule has 0 aromatic heterocycles. The SMILES string of the molecule is O=P([O-])([O-])[O-].O=P([O-])([O-])[O-].O=P([O-])([O-])[O-].O=P([O-])([O-])[O-].O=P([O-])([O-])[O-].O=P([O-])([O-])[O-].O=P([O-])([O-])[O-].[Na+].[Na+].[Na+].[Na+].[Na+].[Na+].[Na+].[Na+].[Na+].[Na+].[Na+].[Na+].[Na+].[Na+].[Na+].[Na+].[Na+].[Na+].[Na+].[Na+].[Na+]. The normalized spacial score (nSPS) is 7.38. The number of phosphoric acid groups is 7. The molecule has 0 heterocycles. The first-order chi connectivity index (χ1) is 14.0. The molecule has 0 saturated carbocycles. The van der Waals surface area contributed by atoms with E-state index in [0.717, 1.165) is 0 Å². The minimum absolute atomic E-state index is 0. The monoisotopic (exact) mass is 1150 g/mol. The van der Waals surface area contributed by atoms with Crippen LogP contribution in [0.2, 0.25) is 0 Å². The number of hydrogen-bond donors (Lipinski definition) is 0. The summed E-state index contributed by atoms with van der Waals surface area (Å²) in [6.45, 7) is 0. The second-order valence-corrected chi connectivity index (χ2v) is 9.39. The van der Waals surface area contributed by atoms with Gasteiger partial charge >= 0.3 is 621 Å². The second-order valence-electron chi connectivity index (χ2n) is 3.13. The first-order valence-corrected chi connectivity index (χ1v) is 15.3. The molecule has 0 bridgehead atoms. The maximum atomic E-state index is 8.55. The predicted molar refractivity (Wildman–Crippen MR) is 53.2 cm³/mol. The fourth-order valence-corrected chi connectivity index (χ4v) is 0. The largest absolute Gasteiger partial charge is 1.00 e. The minimum Gasteiger partial charge on any atom is -0.822 e. The van der Waals surface area contributed by atoms with Crippen LogP contribution in [-0.4, -0.2) is 0 Å². The van der Waals surface area contributed by atoms with Gasteiger partial charge in [-0.25, -0.2) is 0 Å². The van der Waals surface area contributed by atoms with Crippen LogP contribution >= 0.6 is 54.8 Å². The Morgan fingerprint density at radius 1 is 0.125 bits per heavy atom. The van der Waals surface area contributed by atoms with E-state index in [-0.39, 0.29) is 621 Å². The first-order valence-electron chi connectivity index (χ1n) is 5.11. The van der Waals surface area contributed by atoms with Crippen molar-refractivity contribution in [1.82, 2.24) is 0 Å². The molecule has 0 aliphatic heterocycles. The molecule has 0 spiro atoms. The molecule has 0 fully saturated rings. The van der Waals surface area contributed by atoms with E-state index in [0.29, 0.717) is 0 Å². The van der Waals surface area contributed by atoms with Crippen molar-refractivity contribution in [3.8, 4) is 0 Å². The van der Waals surface area contributed by atoms with Crippen molar-refractivity contribution in [2.45, 2.75) is 0 Å². The van der Waals surface area contributed by atoms with Crippen LogP contribution < -0.4 is 723 Å². The molecule has 28 nitrogen and oxygen atoms in total. The van der Waals surface area contributed by atoms with Crippen LogP contribution in [0.1, 0.15) is 0 Å². The average Bonchev–Trinajstić information content (AvgIpc) is 2.06. The van der Waals surface area contributed by atoms with E-state index in [1.54, 1.807) is 0 Å². The van der Waals surface area contributed by atoms with Crippen molar-refractivity contribution in [3.05, 3.63) is 0 Å². The second kappa shape index (κ2) is 108. The van der Waals surface area contributed by atoms with Gasteiger partial charge in [0.25, 0.3) is 0 Å². The van der Waals surface area contributed by atoms with Gasteiger partial charge in [0.2, 0.25) is 0 Å². The quantitative estimate of drug-likeness (QED) is 0.160. The van der Waals surface area contributed by atoms with Crippen molar-refractivity contribution >= 4 is 54.8 Å². The van der Waals surface area contributed by atoms with Gasteiger partial charge in [-0.3, -0.25) is 0 Å². The summed E-state index contributed by atoms with van der Waals surface area (Å²) in [5.41, 5.74) is 0. The first kappa shape index (κ1) is 185. The van der Waals surface area contributed by atoms with E-state index in [9.17, 15) is 0 Å². The van der Waals surface area contributed by atoms with Crippen LogP contribution in [0.3, 0.4) is 0 Å². The van der Waals surface area contributed by atoms with Crippen LogP contribution in [-0.2, 0) is 32.0 Å². The van der Waals surface area contributed by atoms with Crippen molar-refractivity contribution < 1.29 is 755 Å². The third-order valence-electron chi connectivity index (χ3n) is 0. The molecule has 0 aromatic carbocycles. The van der Waals surface area contributed by atoms with Crippen LogP contribution in [0.5, 0.6) is 0 Å². The van der Waals surface area contributed by atoms with E-state index in [1.807, 2.05) is 0 Å². The fourth-order valence-electron chi connectivity index (χ4n) is 0. The van der Waals surface area contributed by atoms with Crippen molar-refractivity contribution in [3.63, 3.8) is 0 Å². The molecule has 224 valence electrons. The van der Waals surface area contributed by atoms with Gasteiger partial charge in [-0.1, -0.05) is 0 Å². The molecule has 0 atom stereocenters. The van der Waals surface area contributed by atoms with Crippen LogP contribution in [0.15, 0.2) is 0 Å². The Morgan fingerprint density at radius 3 is 0.125 bits per heavy atom. The van der Waals surface area contributed by atoms with Crippen LogP contribution in [0.4, 0.5) is 0 Å². The molecule has 0 aliphatic rings. The van der Waals surface area contributed by atoms with Crippen molar-refractivity contribution in [2.75, 3.05) is 0 Å². The topological polar surface area (TPSA) is 604 Å². The molecule has 56 heteroatoms. The van der Waals surface area contributed by atoms with E-state index in [1.165, 1.54) is 0 Å². The Morgan fingerprint density at radius 2 is 0.125 bits per heavy atom. The third kappa shape index (κ3) is 894. The van der Waals surface area contributed by atoms with E-state index in [4.69, 9.17) is 135 Å². The Kier molecular flexibility index (Phi) is 358. The minimum atomic E-state index is -5.39. The van der Waals surface area contributed by atoms with Crippen molar-refractivity contribution in [2.24, 2.45) is 0 Å². The van der Waals surface area contributed by atoms with Gasteiger partial charge in [0.05, 0.1) is 0 Å². The molecule has 0 unspecified atom stereocenters. The Bertz CT molecular complexity index is 598. The molecule has 0 aromatic rings. The fraction of sp³-hybridized carbons (Fsp3) is 0. The zero-order valence-corrected chi connectivity index (χ0v) is 83.8. The Hall–Kier alpha value is 21.8. The molecule has 0 saturated heterocycles. The zero-order valence-electron chi connectivity index (χ0n) is 35.6. The van der Waals surface area contributed by atoms with Crippen LogP contribution in [0.25, 0.3) is 0 Å². The molecular formula is Na21O28P7. The summed E-state index contributed by atoms with van der Waals surface area (Å²) < 4.78 is 59.8. The van der Waals surface area contributed by atoms with E-state index < -0.39 is 54.8 Å². The summed E-state index contributed by atoms with van der Waals surface area (Å²) in [7, 11) is -37.7. The van der Waals surface area contributed by atoms with Gasteiger partial charge in [-0.05, 0) is 0 Å². The zero-order chi connectivity index (χ0) is 31.5. The smallest absolute Gasteiger partial charge is 0.822 e. The molecule has 0 radical (unpaired) electrons. The van der Waals surface area contributed by atoms with Gasteiger partial charge in [-0.15, -0.1) is 0 Å². The molecule has 0 aliphatic carbocycles. The van der Waals surface area contributed by atoms with E-state index in [2.05, 4.69) is 0 Å². The maximum Gasteiger partial charge on any atom is 1.00 e. The average molecular weight is 1150 g/mol. The van der Waals surface area contributed by atoms with Gasteiger partial charge in [0.1, 0.15) is 0 Å². The summed E-state index contributed by atoms with van der Waals surface area (Å²) in [6.07, 6.45) is 0. The van der Waals surface area contributed by atoms with Crippen molar-refractivity contribution in [1.29, 1.82) is 0 Å². The standard InChI is InChI=1S/21Na.7H3O4P/c;;;;;;;;;;;;;;;;;;;;;7*1-5(2,3)4/h;;;;;;;;;;;;;;;;;;;;;7*(H3,1,2,3,4)/q21*+1;;;;;;;/p-21. The molecule has 0 rings (SSSR count). The summed E-state index contributed by atoms with van der Waals surface area (Å²) in [6, 6.07) is 0. The number of rotatable bonds is 0. The van der Waals surface area contributed by atoms with Gasteiger partial charge < -0.3 is 135 Å². The third-order valence-corrected chi connectivity index (χ3v) is 0. The summed E-state index contributed by atoms with van der Waals surface area (Å²) in [5.74, 6) is 0. The Balaban J connectivity index is -0.00000000591. The summed E-state index contributed by atoms with van der Waals surface area (Å²) in [5, 5.41) is 0. The predicted octanol–water partition coefficient (Wildman–Crippen LogP) is -82.7. The summed E-state index contributed by atoms with van der Waals surface area (Å²) >= 11 is 0. The molecule has 56 heavy (non-hydrogen) atoms. The van der Waals surface area contributed by atoms with E-state index >= 15 is 0 Å². The Labute approximate surface area is 787 Å². The molecule has 0 N–H and O–H groups in total. The van der Waals surface area contributed by atoms with Crippen LogP contribution in [0, 0.1) is 0 Å². The number of hydrogen-bond acceptors (Lipinski definition) is 28. The van der Waals surface area contributed by atoms with Gasteiger partial charge in [0.15, 0.2) is 0 Å². The molecular weight excluding hydrogens is 1150 g/mol. The van der Waals surface area contributed by atoms with Gasteiger partial charge in [-0.2, -0.15) is 54.8 Å².